The van der Waals surface area contributed by atoms with Crippen LogP contribution in [0.15, 0.2) is 24.3 Å². The van der Waals surface area contributed by atoms with Crippen molar-refractivity contribution in [2.45, 2.75) is 13.8 Å². The van der Waals surface area contributed by atoms with Crippen molar-refractivity contribution in [3.05, 3.63) is 29.8 Å². The van der Waals surface area contributed by atoms with Crippen molar-refractivity contribution in [1.29, 1.82) is 5.26 Å². The van der Waals surface area contributed by atoms with Crippen LogP contribution in [0.4, 0.5) is 5.69 Å². The molecule has 0 amide bonds. The summed E-state index contributed by atoms with van der Waals surface area (Å²) in [6.07, 6.45) is 0. The fraction of sp³-hybridized carbons (Fsp3) is 0.533. The highest BCUT2D eigenvalue weighted by atomic mass is 15.3. The summed E-state index contributed by atoms with van der Waals surface area (Å²) >= 11 is 0. The Morgan fingerprint density at radius 1 is 1.11 bits per heavy atom. The molecular formula is C15H21N3. The third-order valence-electron chi connectivity index (χ3n) is 3.36. The van der Waals surface area contributed by atoms with E-state index in [2.05, 4.69) is 41.8 Å². The van der Waals surface area contributed by atoms with Crippen LogP contribution in [-0.4, -0.2) is 37.6 Å². The zero-order valence-electron chi connectivity index (χ0n) is 11.3. The molecule has 0 saturated carbocycles. The molecule has 1 aromatic carbocycles. The van der Waals surface area contributed by atoms with Crippen LogP contribution in [-0.2, 0) is 0 Å². The van der Waals surface area contributed by atoms with Crippen LogP contribution in [0, 0.1) is 17.2 Å². The van der Waals surface area contributed by atoms with Gasteiger partial charge in [0.25, 0.3) is 0 Å². The number of nitriles is 1. The molecule has 2 rings (SSSR count). The predicted molar refractivity (Wildman–Crippen MR) is 74.6 cm³/mol. The minimum Gasteiger partial charge on any atom is -0.369 e. The van der Waals surface area contributed by atoms with Gasteiger partial charge in [-0.25, -0.2) is 0 Å². The van der Waals surface area contributed by atoms with Gasteiger partial charge in [0.1, 0.15) is 0 Å². The number of nitrogens with zero attached hydrogens (tertiary/aromatic N) is 3. The topological polar surface area (TPSA) is 30.3 Å². The molecule has 1 aliphatic rings. The first-order chi connectivity index (χ1) is 8.69. The van der Waals surface area contributed by atoms with E-state index in [9.17, 15) is 0 Å². The smallest absolute Gasteiger partial charge is 0.0991 e. The van der Waals surface area contributed by atoms with E-state index in [1.807, 2.05) is 12.1 Å². The molecule has 0 unspecified atom stereocenters. The Labute approximate surface area is 110 Å². The van der Waals surface area contributed by atoms with Crippen LogP contribution in [0.2, 0.25) is 0 Å². The summed E-state index contributed by atoms with van der Waals surface area (Å²) in [7, 11) is 0. The third kappa shape index (κ3) is 3.24. The minimum atomic E-state index is 0.734. The summed E-state index contributed by atoms with van der Waals surface area (Å²) in [6, 6.07) is 10.1. The highest BCUT2D eigenvalue weighted by Crippen LogP contribution is 2.17. The van der Waals surface area contributed by atoms with Crippen molar-refractivity contribution in [1.82, 2.24) is 4.90 Å². The summed E-state index contributed by atoms with van der Waals surface area (Å²) < 4.78 is 0. The molecule has 1 heterocycles. The second kappa shape index (κ2) is 5.88. The van der Waals surface area contributed by atoms with Crippen LogP contribution >= 0.6 is 0 Å². The lowest BCUT2D eigenvalue weighted by Gasteiger charge is -2.36. The Hall–Kier alpha value is -1.53. The van der Waals surface area contributed by atoms with Crippen molar-refractivity contribution in [3.63, 3.8) is 0 Å². The van der Waals surface area contributed by atoms with E-state index < -0.39 is 0 Å². The minimum absolute atomic E-state index is 0.734. The number of hydrogen-bond donors (Lipinski definition) is 0. The summed E-state index contributed by atoms with van der Waals surface area (Å²) in [6.45, 7) is 10.2. The predicted octanol–water partition coefficient (Wildman–Crippen LogP) is 2.34. The van der Waals surface area contributed by atoms with Gasteiger partial charge in [0.05, 0.1) is 11.6 Å². The van der Waals surface area contributed by atoms with Crippen LogP contribution in [0.5, 0.6) is 0 Å². The average Bonchev–Trinajstić information content (AvgIpc) is 2.39. The van der Waals surface area contributed by atoms with E-state index in [0.717, 1.165) is 37.7 Å². The lowest BCUT2D eigenvalue weighted by atomic mass is 10.1. The Bertz CT molecular complexity index is 408. The van der Waals surface area contributed by atoms with Crippen molar-refractivity contribution in [3.8, 4) is 6.07 Å². The number of rotatable bonds is 3. The van der Waals surface area contributed by atoms with Gasteiger partial charge < -0.3 is 4.90 Å². The van der Waals surface area contributed by atoms with E-state index in [1.54, 1.807) is 0 Å². The maximum atomic E-state index is 8.79. The van der Waals surface area contributed by atoms with Crippen molar-refractivity contribution in [2.24, 2.45) is 5.92 Å². The molecule has 1 fully saturated rings. The van der Waals surface area contributed by atoms with Crippen LogP contribution in [0.25, 0.3) is 0 Å². The molecule has 1 saturated heterocycles. The summed E-state index contributed by atoms with van der Waals surface area (Å²) in [5.74, 6) is 0.742. The van der Waals surface area contributed by atoms with Gasteiger partial charge in [-0.05, 0) is 30.2 Å². The first-order valence-corrected chi connectivity index (χ1v) is 6.66. The van der Waals surface area contributed by atoms with Gasteiger partial charge in [-0.2, -0.15) is 5.26 Å². The fourth-order valence-electron chi connectivity index (χ4n) is 2.45. The first kappa shape index (κ1) is 12.9. The van der Waals surface area contributed by atoms with Gasteiger partial charge in [0, 0.05) is 38.4 Å². The third-order valence-corrected chi connectivity index (χ3v) is 3.36. The molecule has 0 N–H and O–H groups in total. The van der Waals surface area contributed by atoms with Gasteiger partial charge in [0.15, 0.2) is 0 Å². The number of anilines is 1. The Kier molecular flexibility index (Phi) is 4.22. The monoisotopic (exact) mass is 243 g/mol. The molecule has 18 heavy (non-hydrogen) atoms. The van der Waals surface area contributed by atoms with E-state index in [-0.39, 0.29) is 0 Å². The maximum absolute atomic E-state index is 8.79. The highest BCUT2D eigenvalue weighted by Gasteiger charge is 2.17. The normalized spacial score (nSPS) is 16.9. The molecule has 0 atom stereocenters. The second-order valence-corrected chi connectivity index (χ2v) is 5.34. The van der Waals surface area contributed by atoms with E-state index in [1.165, 1.54) is 12.2 Å². The van der Waals surface area contributed by atoms with Gasteiger partial charge >= 0.3 is 0 Å². The molecule has 1 aliphatic heterocycles. The van der Waals surface area contributed by atoms with Crippen molar-refractivity contribution < 1.29 is 0 Å². The molecule has 96 valence electrons. The Balaban J connectivity index is 1.91. The lowest BCUT2D eigenvalue weighted by molar-refractivity contribution is 0.231. The zero-order valence-corrected chi connectivity index (χ0v) is 11.3. The van der Waals surface area contributed by atoms with Crippen molar-refractivity contribution in [2.75, 3.05) is 37.6 Å². The second-order valence-electron chi connectivity index (χ2n) is 5.34. The van der Waals surface area contributed by atoms with Gasteiger partial charge in [0.2, 0.25) is 0 Å². The number of benzene rings is 1. The van der Waals surface area contributed by atoms with Crippen LogP contribution in [0.1, 0.15) is 19.4 Å². The van der Waals surface area contributed by atoms with Gasteiger partial charge in [-0.3, -0.25) is 4.90 Å². The van der Waals surface area contributed by atoms with E-state index in [0.29, 0.717) is 0 Å². The first-order valence-electron chi connectivity index (χ1n) is 6.66. The number of hydrogen-bond acceptors (Lipinski definition) is 3. The molecule has 0 aliphatic carbocycles. The summed E-state index contributed by atoms with van der Waals surface area (Å²) in [5.41, 5.74) is 1.97. The molecule has 3 nitrogen and oxygen atoms in total. The van der Waals surface area contributed by atoms with Gasteiger partial charge in [-0.1, -0.05) is 13.8 Å². The fourth-order valence-corrected chi connectivity index (χ4v) is 2.45. The number of piperazine rings is 1. The maximum Gasteiger partial charge on any atom is 0.0991 e. The largest absolute Gasteiger partial charge is 0.369 e. The molecular weight excluding hydrogens is 222 g/mol. The average molecular weight is 243 g/mol. The lowest BCUT2D eigenvalue weighted by Crippen LogP contribution is -2.47. The molecule has 0 aromatic heterocycles. The molecule has 1 aromatic rings. The van der Waals surface area contributed by atoms with E-state index in [4.69, 9.17) is 5.26 Å². The molecule has 0 bridgehead atoms. The standard InChI is InChI=1S/C15H21N3/c1-13(2)12-17-7-9-18(10-8-17)15-5-3-14(11-16)4-6-15/h3-6,13H,7-10,12H2,1-2H3. The molecule has 0 radical (unpaired) electrons. The quantitative estimate of drug-likeness (QED) is 0.816. The Morgan fingerprint density at radius 2 is 1.72 bits per heavy atom. The van der Waals surface area contributed by atoms with Crippen molar-refractivity contribution >= 4 is 5.69 Å². The SMILES string of the molecule is CC(C)CN1CCN(c2ccc(C#N)cc2)CC1. The summed E-state index contributed by atoms with van der Waals surface area (Å²) in [4.78, 5) is 4.93. The highest BCUT2D eigenvalue weighted by molar-refractivity contribution is 5.50. The van der Waals surface area contributed by atoms with Crippen LogP contribution < -0.4 is 4.90 Å². The van der Waals surface area contributed by atoms with Gasteiger partial charge in [-0.15, -0.1) is 0 Å². The van der Waals surface area contributed by atoms with Crippen LogP contribution in [0.3, 0.4) is 0 Å². The zero-order chi connectivity index (χ0) is 13.0. The molecule has 3 heteroatoms. The molecule has 0 spiro atoms. The summed E-state index contributed by atoms with van der Waals surface area (Å²) in [5, 5.41) is 8.79. The Morgan fingerprint density at radius 3 is 2.22 bits per heavy atom. The van der Waals surface area contributed by atoms with E-state index >= 15 is 0 Å².